The van der Waals surface area contributed by atoms with Crippen LogP contribution in [0, 0.1) is 11.2 Å². The Labute approximate surface area is 103 Å². The van der Waals surface area contributed by atoms with Gasteiger partial charge < -0.3 is 10.4 Å². The monoisotopic (exact) mass is 239 g/mol. The summed E-state index contributed by atoms with van der Waals surface area (Å²) in [6.45, 7) is 7.22. The SMILES string of the molecule is CC(NCC(C)(C)CCO)c1cccc(F)c1. The molecule has 0 fully saturated rings. The molecule has 1 rings (SSSR count). The average molecular weight is 239 g/mol. The standard InChI is InChI=1S/C14H22FNO/c1-11(12-5-4-6-13(15)9-12)16-10-14(2,3)7-8-17/h4-6,9,11,16-17H,7-8,10H2,1-3H3. The molecule has 0 aliphatic heterocycles. The first kappa shape index (κ1) is 14.1. The fraction of sp³-hybridized carbons (Fsp3) is 0.571. The third kappa shape index (κ3) is 4.84. The van der Waals surface area contributed by atoms with Crippen LogP contribution < -0.4 is 5.32 Å². The minimum atomic E-state index is -0.203. The average Bonchev–Trinajstić information content (AvgIpc) is 2.26. The lowest BCUT2D eigenvalue weighted by Crippen LogP contribution is -2.32. The van der Waals surface area contributed by atoms with Crippen molar-refractivity contribution in [1.29, 1.82) is 0 Å². The van der Waals surface area contributed by atoms with Crippen LogP contribution in [-0.2, 0) is 0 Å². The molecule has 1 aromatic carbocycles. The van der Waals surface area contributed by atoms with Crippen LogP contribution in [-0.4, -0.2) is 18.3 Å². The van der Waals surface area contributed by atoms with E-state index in [2.05, 4.69) is 19.2 Å². The van der Waals surface area contributed by atoms with Gasteiger partial charge >= 0.3 is 0 Å². The number of rotatable bonds is 6. The van der Waals surface area contributed by atoms with E-state index in [0.29, 0.717) is 0 Å². The first-order valence-corrected chi connectivity index (χ1v) is 6.04. The summed E-state index contributed by atoms with van der Waals surface area (Å²) in [6.07, 6.45) is 0.760. The summed E-state index contributed by atoms with van der Waals surface area (Å²) >= 11 is 0. The van der Waals surface area contributed by atoms with E-state index in [-0.39, 0.29) is 23.9 Å². The second-order valence-electron chi connectivity index (χ2n) is 5.30. The summed E-state index contributed by atoms with van der Waals surface area (Å²) in [5, 5.41) is 12.3. The van der Waals surface area contributed by atoms with Crippen molar-refractivity contribution in [3.05, 3.63) is 35.6 Å². The van der Waals surface area contributed by atoms with Gasteiger partial charge in [0.05, 0.1) is 0 Å². The van der Waals surface area contributed by atoms with Gasteiger partial charge in [0.15, 0.2) is 0 Å². The predicted molar refractivity (Wildman–Crippen MR) is 68.3 cm³/mol. The highest BCUT2D eigenvalue weighted by molar-refractivity contribution is 5.19. The Hall–Kier alpha value is -0.930. The summed E-state index contributed by atoms with van der Waals surface area (Å²) < 4.78 is 13.1. The molecule has 0 bridgehead atoms. The van der Waals surface area contributed by atoms with Crippen molar-refractivity contribution in [3.8, 4) is 0 Å². The number of hydrogen-bond donors (Lipinski definition) is 2. The van der Waals surface area contributed by atoms with Gasteiger partial charge in [0.1, 0.15) is 5.82 Å². The molecule has 0 amide bonds. The smallest absolute Gasteiger partial charge is 0.123 e. The van der Waals surface area contributed by atoms with Gasteiger partial charge in [0, 0.05) is 19.2 Å². The second-order valence-corrected chi connectivity index (χ2v) is 5.30. The topological polar surface area (TPSA) is 32.3 Å². The van der Waals surface area contributed by atoms with Crippen molar-refractivity contribution in [2.75, 3.05) is 13.2 Å². The number of aliphatic hydroxyl groups is 1. The van der Waals surface area contributed by atoms with Gasteiger partial charge in [0.2, 0.25) is 0 Å². The minimum absolute atomic E-state index is 0.0519. The van der Waals surface area contributed by atoms with Crippen LogP contribution in [0.3, 0.4) is 0 Å². The fourth-order valence-electron chi connectivity index (χ4n) is 1.71. The Bertz CT molecular complexity index is 352. The van der Waals surface area contributed by atoms with Crippen molar-refractivity contribution in [3.63, 3.8) is 0 Å². The van der Waals surface area contributed by atoms with Gasteiger partial charge in [0.25, 0.3) is 0 Å². The van der Waals surface area contributed by atoms with E-state index in [1.54, 1.807) is 12.1 Å². The van der Waals surface area contributed by atoms with Gasteiger partial charge in [-0.2, -0.15) is 0 Å². The van der Waals surface area contributed by atoms with E-state index in [9.17, 15) is 4.39 Å². The van der Waals surface area contributed by atoms with Crippen LogP contribution in [0.5, 0.6) is 0 Å². The molecule has 96 valence electrons. The van der Waals surface area contributed by atoms with Crippen LogP contribution in [0.1, 0.15) is 38.8 Å². The fourth-order valence-corrected chi connectivity index (χ4v) is 1.71. The van der Waals surface area contributed by atoms with Gasteiger partial charge in [-0.25, -0.2) is 4.39 Å². The highest BCUT2D eigenvalue weighted by Gasteiger charge is 2.18. The Balaban J connectivity index is 2.52. The molecule has 0 saturated carbocycles. The molecule has 17 heavy (non-hydrogen) atoms. The van der Waals surface area contributed by atoms with Crippen LogP contribution >= 0.6 is 0 Å². The third-order valence-corrected chi connectivity index (χ3v) is 3.02. The molecular weight excluding hydrogens is 217 g/mol. The maximum absolute atomic E-state index is 13.1. The normalized spacial score (nSPS) is 13.7. The molecule has 1 atom stereocenters. The molecule has 3 heteroatoms. The highest BCUT2D eigenvalue weighted by atomic mass is 19.1. The Kier molecular flexibility index (Phi) is 5.09. The second kappa shape index (κ2) is 6.12. The summed E-state index contributed by atoms with van der Waals surface area (Å²) in [6, 6.07) is 6.76. The van der Waals surface area contributed by atoms with Crippen LogP contribution in [0.15, 0.2) is 24.3 Å². The van der Waals surface area contributed by atoms with Gasteiger partial charge in [-0.1, -0.05) is 26.0 Å². The van der Waals surface area contributed by atoms with Crippen molar-refractivity contribution in [1.82, 2.24) is 5.32 Å². The molecular formula is C14H22FNO. The molecule has 2 nitrogen and oxygen atoms in total. The zero-order valence-corrected chi connectivity index (χ0v) is 10.8. The number of hydrogen-bond acceptors (Lipinski definition) is 2. The molecule has 0 aliphatic carbocycles. The molecule has 0 aliphatic rings. The number of benzene rings is 1. The number of aliphatic hydroxyl groups excluding tert-OH is 1. The zero-order valence-electron chi connectivity index (χ0n) is 10.8. The Morgan fingerprint density at radius 1 is 1.41 bits per heavy atom. The molecule has 0 radical (unpaired) electrons. The van der Waals surface area contributed by atoms with E-state index in [1.807, 2.05) is 13.0 Å². The Morgan fingerprint density at radius 2 is 2.12 bits per heavy atom. The van der Waals surface area contributed by atoms with Gasteiger partial charge in [-0.05, 0) is 36.5 Å². The van der Waals surface area contributed by atoms with Gasteiger partial charge in [-0.15, -0.1) is 0 Å². The van der Waals surface area contributed by atoms with E-state index < -0.39 is 0 Å². The minimum Gasteiger partial charge on any atom is -0.396 e. The molecule has 1 aromatic rings. The highest BCUT2D eigenvalue weighted by Crippen LogP contribution is 2.21. The first-order chi connectivity index (χ1) is 7.94. The van der Waals surface area contributed by atoms with Crippen LogP contribution in [0.2, 0.25) is 0 Å². The van der Waals surface area contributed by atoms with Crippen molar-refractivity contribution >= 4 is 0 Å². The molecule has 1 unspecified atom stereocenters. The number of nitrogens with one attached hydrogen (secondary N) is 1. The summed E-state index contributed by atoms with van der Waals surface area (Å²) in [7, 11) is 0. The van der Waals surface area contributed by atoms with E-state index in [1.165, 1.54) is 6.07 Å². The maximum Gasteiger partial charge on any atom is 0.123 e. The third-order valence-electron chi connectivity index (χ3n) is 3.02. The van der Waals surface area contributed by atoms with Gasteiger partial charge in [-0.3, -0.25) is 0 Å². The lowest BCUT2D eigenvalue weighted by molar-refractivity contribution is 0.203. The molecule has 0 saturated heterocycles. The van der Waals surface area contributed by atoms with E-state index >= 15 is 0 Å². The van der Waals surface area contributed by atoms with E-state index in [4.69, 9.17) is 5.11 Å². The molecule has 0 spiro atoms. The molecule has 0 aromatic heterocycles. The number of halogens is 1. The first-order valence-electron chi connectivity index (χ1n) is 6.04. The predicted octanol–water partition coefficient (Wildman–Crippen LogP) is 2.88. The summed E-state index contributed by atoms with van der Waals surface area (Å²) in [5.41, 5.74) is 1.00. The largest absolute Gasteiger partial charge is 0.396 e. The lowest BCUT2D eigenvalue weighted by atomic mass is 9.89. The summed E-state index contributed by atoms with van der Waals surface area (Å²) in [4.78, 5) is 0. The van der Waals surface area contributed by atoms with Crippen LogP contribution in [0.4, 0.5) is 4.39 Å². The quantitative estimate of drug-likeness (QED) is 0.800. The lowest BCUT2D eigenvalue weighted by Gasteiger charge is -2.26. The molecule has 2 N–H and O–H groups in total. The van der Waals surface area contributed by atoms with Crippen molar-refractivity contribution in [2.45, 2.75) is 33.2 Å². The summed E-state index contributed by atoms with van der Waals surface area (Å²) in [5.74, 6) is -0.203. The van der Waals surface area contributed by atoms with Crippen LogP contribution in [0.25, 0.3) is 0 Å². The maximum atomic E-state index is 13.1. The Morgan fingerprint density at radius 3 is 2.71 bits per heavy atom. The zero-order chi connectivity index (χ0) is 12.9. The van der Waals surface area contributed by atoms with Crippen molar-refractivity contribution in [2.24, 2.45) is 5.41 Å². The van der Waals surface area contributed by atoms with Crippen molar-refractivity contribution < 1.29 is 9.50 Å². The van der Waals surface area contributed by atoms with E-state index in [0.717, 1.165) is 18.5 Å². The molecule has 0 heterocycles.